The smallest absolute Gasteiger partial charge is 0.260 e. The van der Waals surface area contributed by atoms with Crippen molar-refractivity contribution in [3.05, 3.63) is 23.8 Å². The van der Waals surface area contributed by atoms with Crippen molar-refractivity contribution < 1.29 is 14.3 Å². The third-order valence-electron chi connectivity index (χ3n) is 3.54. The van der Waals surface area contributed by atoms with Crippen molar-refractivity contribution in [1.29, 1.82) is 0 Å². The lowest BCUT2D eigenvalue weighted by molar-refractivity contribution is -0.132. The molecule has 1 fully saturated rings. The number of ether oxygens (including phenoxy) is 2. The number of carbonyl (C=O) groups excluding carboxylic acids is 1. The summed E-state index contributed by atoms with van der Waals surface area (Å²) in [5, 5.41) is 0. The maximum atomic E-state index is 12.0. The van der Waals surface area contributed by atoms with E-state index >= 15 is 0 Å². The van der Waals surface area contributed by atoms with Crippen LogP contribution in [0.15, 0.2) is 18.2 Å². The van der Waals surface area contributed by atoms with Crippen molar-refractivity contribution in [3.8, 4) is 11.5 Å². The minimum atomic E-state index is 0.0374. The molecule has 0 bridgehead atoms. The summed E-state index contributed by atoms with van der Waals surface area (Å²) in [6.07, 6.45) is 3.11. The van der Waals surface area contributed by atoms with Gasteiger partial charge >= 0.3 is 0 Å². The van der Waals surface area contributed by atoms with E-state index in [9.17, 15) is 4.79 Å². The largest absolute Gasteiger partial charge is 0.493 e. The molecule has 1 heterocycles. The second-order valence-electron chi connectivity index (χ2n) is 5.20. The molecule has 1 aromatic carbocycles. The van der Waals surface area contributed by atoms with Gasteiger partial charge in [-0.15, -0.1) is 0 Å². The van der Waals surface area contributed by atoms with E-state index < -0.39 is 0 Å². The zero-order chi connectivity index (χ0) is 15.1. The third kappa shape index (κ3) is 4.36. The topological polar surface area (TPSA) is 64.8 Å². The van der Waals surface area contributed by atoms with Gasteiger partial charge < -0.3 is 20.1 Å². The van der Waals surface area contributed by atoms with Crippen LogP contribution in [0, 0.1) is 0 Å². The summed E-state index contributed by atoms with van der Waals surface area (Å²) < 4.78 is 11.3. The number of carbonyl (C=O) groups is 1. The molecule has 0 aromatic heterocycles. The van der Waals surface area contributed by atoms with Crippen LogP contribution < -0.4 is 15.2 Å². The van der Waals surface area contributed by atoms with Crippen LogP contribution in [-0.4, -0.2) is 37.1 Å². The van der Waals surface area contributed by atoms with Crippen LogP contribution >= 0.6 is 0 Å². The molecule has 1 saturated heterocycles. The van der Waals surface area contributed by atoms with E-state index in [-0.39, 0.29) is 12.5 Å². The fourth-order valence-electron chi connectivity index (χ4n) is 2.34. The summed E-state index contributed by atoms with van der Waals surface area (Å²) in [7, 11) is 0. The molecular weight excluding hydrogens is 268 g/mol. The Morgan fingerprint density at radius 3 is 2.71 bits per heavy atom. The van der Waals surface area contributed by atoms with E-state index in [2.05, 4.69) is 6.92 Å². The molecule has 2 rings (SSSR count). The lowest BCUT2D eigenvalue weighted by Crippen LogP contribution is -2.32. The first-order valence-corrected chi connectivity index (χ1v) is 7.61. The minimum Gasteiger partial charge on any atom is -0.493 e. The quantitative estimate of drug-likeness (QED) is 0.834. The molecule has 0 saturated carbocycles. The molecule has 116 valence electrons. The summed E-state index contributed by atoms with van der Waals surface area (Å²) in [6.45, 7) is 4.83. The highest BCUT2D eigenvalue weighted by molar-refractivity contribution is 5.78. The summed E-state index contributed by atoms with van der Waals surface area (Å²) in [5.74, 6) is 1.42. The van der Waals surface area contributed by atoms with E-state index in [1.54, 1.807) is 0 Å². The molecule has 0 aliphatic carbocycles. The predicted octanol–water partition coefficient (Wildman–Crippen LogP) is 1.94. The molecule has 0 spiro atoms. The Morgan fingerprint density at radius 1 is 1.29 bits per heavy atom. The normalized spacial score (nSPS) is 14.3. The average Bonchev–Trinajstić information content (AvgIpc) is 3.05. The maximum Gasteiger partial charge on any atom is 0.260 e. The number of hydrogen-bond donors (Lipinski definition) is 1. The van der Waals surface area contributed by atoms with Crippen molar-refractivity contribution in [2.24, 2.45) is 5.73 Å². The van der Waals surface area contributed by atoms with Gasteiger partial charge in [-0.25, -0.2) is 0 Å². The Morgan fingerprint density at radius 2 is 2.05 bits per heavy atom. The lowest BCUT2D eigenvalue weighted by atomic mass is 10.2. The molecule has 5 heteroatoms. The summed E-state index contributed by atoms with van der Waals surface area (Å²) in [6, 6.07) is 5.59. The fourth-order valence-corrected chi connectivity index (χ4v) is 2.34. The molecular formula is C16H24N2O3. The number of rotatable bonds is 7. The molecule has 1 amide bonds. The number of hydrogen-bond acceptors (Lipinski definition) is 4. The van der Waals surface area contributed by atoms with Gasteiger partial charge in [0.05, 0.1) is 6.61 Å². The van der Waals surface area contributed by atoms with Gasteiger partial charge in [0.2, 0.25) is 0 Å². The summed E-state index contributed by atoms with van der Waals surface area (Å²) >= 11 is 0. The van der Waals surface area contributed by atoms with Crippen molar-refractivity contribution in [1.82, 2.24) is 4.90 Å². The zero-order valence-corrected chi connectivity index (χ0v) is 12.6. The van der Waals surface area contributed by atoms with Gasteiger partial charge in [0.25, 0.3) is 5.91 Å². The van der Waals surface area contributed by atoms with Crippen LogP contribution in [0.5, 0.6) is 11.5 Å². The highest BCUT2D eigenvalue weighted by atomic mass is 16.5. The Bertz CT molecular complexity index is 471. The zero-order valence-electron chi connectivity index (χ0n) is 12.6. The highest BCUT2D eigenvalue weighted by Crippen LogP contribution is 2.25. The van der Waals surface area contributed by atoms with Gasteiger partial charge in [0.15, 0.2) is 6.61 Å². The van der Waals surface area contributed by atoms with E-state index in [1.165, 1.54) is 0 Å². The van der Waals surface area contributed by atoms with E-state index in [1.807, 2.05) is 23.1 Å². The van der Waals surface area contributed by atoms with E-state index in [4.69, 9.17) is 15.2 Å². The molecule has 1 aromatic rings. The van der Waals surface area contributed by atoms with Crippen molar-refractivity contribution in [2.75, 3.05) is 26.3 Å². The molecule has 1 aliphatic rings. The minimum absolute atomic E-state index is 0.0374. The molecule has 2 N–H and O–H groups in total. The van der Waals surface area contributed by atoms with Gasteiger partial charge in [-0.2, -0.15) is 0 Å². The molecule has 0 radical (unpaired) electrons. The standard InChI is InChI=1S/C16H24N2O3/c1-2-9-20-14-6-5-13(11-17)15(10-14)21-12-16(19)18-7-3-4-8-18/h5-6,10H,2-4,7-9,11-12,17H2,1H3. The van der Waals surface area contributed by atoms with Crippen molar-refractivity contribution in [3.63, 3.8) is 0 Å². The van der Waals surface area contributed by atoms with Crippen LogP contribution in [0.25, 0.3) is 0 Å². The van der Waals surface area contributed by atoms with E-state index in [0.29, 0.717) is 18.9 Å². The summed E-state index contributed by atoms with van der Waals surface area (Å²) in [5.41, 5.74) is 6.60. The number of amides is 1. The molecule has 1 aliphatic heterocycles. The Balaban J connectivity index is 1.97. The maximum absolute atomic E-state index is 12.0. The Labute approximate surface area is 126 Å². The first-order chi connectivity index (χ1) is 10.2. The fraction of sp³-hybridized carbons (Fsp3) is 0.562. The highest BCUT2D eigenvalue weighted by Gasteiger charge is 2.18. The number of nitrogens with two attached hydrogens (primary N) is 1. The number of nitrogens with zero attached hydrogens (tertiary/aromatic N) is 1. The first kappa shape index (κ1) is 15.6. The lowest BCUT2D eigenvalue weighted by Gasteiger charge is -2.17. The van der Waals surface area contributed by atoms with Crippen LogP contribution in [0.4, 0.5) is 0 Å². The average molecular weight is 292 g/mol. The first-order valence-electron chi connectivity index (χ1n) is 7.61. The molecule has 5 nitrogen and oxygen atoms in total. The van der Waals surface area contributed by atoms with Crippen molar-refractivity contribution in [2.45, 2.75) is 32.7 Å². The second-order valence-corrected chi connectivity index (χ2v) is 5.20. The van der Waals surface area contributed by atoms with Gasteiger partial charge in [0, 0.05) is 31.3 Å². The van der Waals surface area contributed by atoms with Crippen molar-refractivity contribution >= 4 is 5.91 Å². The molecule has 0 unspecified atom stereocenters. The molecule has 21 heavy (non-hydrogen) atoms. The second kappa shape index (κ2) is 7.88. The van der Waals surface area contributed by atoms with Crippen LogP contribution in [0.1, 0.15) is 31.7 Å². The van der Waals surface area contributed by atoms with E-state index in [0.717, 1.165) is 43.7 Å². The van der Waals surface area contributed by atoms with Gasteiger partial charge in [-0.1, -0.05) is 13.0 Å². The van der Waals surface area contributed by atoms with Crippen LogP contribution in [-0.2, 0) is 11.3 Å². The SMILES string of the molecule is CCCOc1ccc(CN)c(OCC(=O)N2CCCC2)c1. The molecule has 0 atom stereocenters. The number of benzene rings is 1. The van der Waals surface area contributed by atoms with Gasteiger partial charge in [-0.3, -0.25) is 4.79 Å². The third-order valence-corrected chi connectivity index (χ3v) is 3.54. The van der Waals surface area contributed by atoms with Gasteiger partial charge in [0.1, 0.15) is 11.5 Å². The Kier molecular flexibility index (Phi) is 5.87. The Hall–Kier alpha value is -1.75. The predicted molar refractivity (Wildman–Crippen MR) is 81.4 cm³/mol. The summed E-state index contributed by atoms with van der Waals surface area (Å²) in [4.78, 5) is 13.9. The van der Waals surface area contributed by atoms with Gasteiger partial charge in [-0.05, 0) is 25.3 Å². The van der Waals surface area contributed by atoms with Crippen LogP contribution in [0.2, 0.25) is 0 Å². The monoisotopic (exact) mass is 292 g/mol. The number of likely N-dealkylation sites (tertiary alicyclic amines) is 1. The van der Waals surface area contributed by atoms with Crippen LogP contribution in [0.3, 0.4) is 0 Å².